The number of furan rings is 2. The summed E-state index contributed by atoms with van der Waals surface area (Å²) in [6.45, 7) is 0. The first kappa shape index (κ1) is 38.4. The van der Waals surface area contributed by atoms with Gasteiger partial charge in [0, 0.05) is 70.9 Å². The van der Waals surface area contributed by atoms with Gasteiger partial charge in [0.25, 0.3) is 0 Å². The second-order valence-electron chi connectivity index (χ2n) is 18.9. The van der Waals surface area contributed by atoms with Crippen molar-refractivity contribution in [3.05, 3.63) is 237 Å². The summed E-state index contributed by atoms with van der Waals surface area (Å²) in [6, 6.07) is 85.8. The predicted octanol–water partition coefficient (Wildman–Crippen LogP) is 18.1. The Bertz CT molecular complexity index is 4650. The van der Waals surface area contributed by atoms with Gasteiger partial charge in [-0.15, -0.1) is 0 Å². The molecule has 71 heavy (non-hydrogen) atoms. The monoisotopic (exact) mass is 905 g/mol. The second kappa shape index (κ2) is 14.5. The van der Waals surface area contributed by atoms with Gasteiger partial charge in [-0.2, -0.15) is 0 Å². The van der Waals surface area contributed by atoms with Crippen LogP contribution in [0.15, 0.2) is 245 Å². The van der Waals surface area contributed by atoms with Crippen LogP contribution >= 0.6 is 0 Å². The van der Waals surface area contributed by atoms with E-state index >= 15 is 0 Å². The lowest BCUT2D eigenvalue weighted by Crippen LogP contribution is -1.94. The van der Waals surface area contributed by atoms with Gasteiger partial charge >= 0.3 is 0 Å². The number of rotatable bonds is 5. The molecule has 0 saturated carbocycles. The fourth-order valence-corrected chi connectivity index (χ4v) is 11.8. The van der Waals surface area contributed by atoms with Crippen molar-refractivity contribution < 1.29 is 8.83 Å². The first-order chi connectivity index (χ1) is 35.2. The van der Waals surface area contributed by atoms with Crippen molar-refractivity contribution >= 4 is 109 Å². The quantitative estimate of drug-likeness (QED) is 0.173. The first-order valence-corrected chi connectivity index (χ1v) is 24.2. The number of hydrogen-bond donors (Lipinski definition) is 0. The molecule has 0 aliphatic carbocycles. The van der Waals surface area contributed by atoms with Gasteiger partial charge in [0.05, 0.1) is 33.1 Å². The van der Waals surface area contributed by atoms with Gasteiger partial charge in [-0.3, -0.25) is 0 Å². The van der Waals surface area contributed by atoms with E-state index in [1.807, 2.05) is 12.1 Å². The highest BCUT2D eigenvalue weighted by Gasteiger charge is 2.20. The van der Waals surface area contributed by atoms with Crippen molar-refractivity contribution in [3.63, 3.8) is 0 Å². The van der Waals surface area contributed by atoms with Gasteiger partial charge in [0.1, 0.15) is 22.3 Å². The summed E-state index contributed by atoms with van der Waals surface area (Å²) in [7, 11) is 0. The molecular formula is C66H39N3O2. The SMILES string of the molecule is c1ccc(-n2c3ccccc3c3cc(-c4ccc5c(c4)c4cc(-c6ccc7c(c6)c6ccccc6n7-c6ccccc6)ccc4n5-c4ccc5oc6cc7c(cc6c5c4)oc4ccccc47)ccc32)cc1. The van der Waals surface area contributed by atoms with Crippen LogP contribution in [0.25, 0.3) is 149 Å². The zero-order valence-corrected chi connectivity index (χ0v) is 38.2. The zero-order valence-electron chi connectivity index (χ0n) is 38.2. The smallest absolute Gasteiger partial charge is 0.136 e. The molecule has 0 aliphatic rings. The Kier molecular flexibility index (Phi) is 7.82. The van der Waals surface area contributed by atoms with Crippen molar-refractivity contribution in [2.24, 2.45) is 0 Å². The van der Waals surface area contributed by atoms with Crippen LogP contribution in [0.4, 0.5) is 0 Å². The Labute approximate surface area is 405 Å². The van der Waals surface area contributed by atoms with Crippen LogP contribution in [0.2, 0.25) is 0 Å². The lowest BCUT2D eigenvalue weighted by molar-refractivity contribution is 0.664. The molecule has 0 amide bonds. The molecule has 5 heteroatoms. The largest absolute Gasteiger partial charge is 0.456 e. The molecule has 5 aromatic heterocycles. The minimum atomic E-state index is 0.846. The molecule has 0 N–H and O–H groups in total. The van der Waals surface area contributed by atoms with E-state index in [2.05, 4.69) is 238 Å². The number of nitrogens with zero attached hydrogens (tertiary/aromatic N) is 3. The molecule has 0 radical (unpaired) electrons. The fourth-order valence-electron chi connectivity index (χ4n) is 11.8. The van der Waals surface area contributed by atoms with E-state index < -0.39 is 0 Å². The second-order valence-corrected chi connectivity index (χ2v) is 18.9. The van der Waals surface area contributed by atoms with Crippen LogP contribution in [-0.2, 0) is 0 Å². The third-order valence-corrected chi connectivity index (χ3v) is 15.0. The number of para-hydroxylation sites is 5. The standard InChI is InChI=1S/C66H39N3O2/c1-3-13-44(14-4-1)67-57-20-10-7-17-47(57)50-33-40(23-28-59(50)67)42-25-30-61-52(35-42)53-36-43(41-24-29-60-51(34-41)48-18-8-11-21-58(48)68(60)45-15-5-2-6-16-45)26-31-62(53)69(61)46-27-32-64-54(37-46)56-39-65-55(38-66(56)71-64)49-19-9-12-22-63(49)70-65/h1-39H. The maximum absolute atomic E-state index is 6.57. The molecule has 0 bridgehead atoms. The average molecular weight is 906 g/mol. The van der Waals surface area contributed by atoms with E-state index in [1.54, 1.807) is 0 Å². The lowest BCUT2D eigenvalue weighted by atomic mass is 9.98. The normalized spacial score (nSPS) is 12.2. The highest BCUT2D eigenvalue weighted by Crippen LogP contribution is 2.43. The third-order valence-electron chi connectivity index (χ3n) is 15.0. The van der Waals surface area contributed by atoms with Crippen molar-refractivity contribution in [1.29, 1.82) is 0 Å². The van der Waals surface area contributed by atoms with E-state index in [0.29, 0.717) is 0 Å². The van der Waals surface area contributed by atoms with Gasteiger partial charge in [-0.25, -0.2) is 0 Å². The molecule has 16 aromatic rings. The number of hydrogen-bond acceptors (Lipinski definition) is 2. The van der Waals surface area contributed by atoms with E-state index in [4.69, 9.17) is 8.83 Å². The number of aromatic nitrogens is 3. The fraction of sp³-hybridized carbons (Fsp3) is 0. The Hall–Kier alpha value is -9.58. The molecule has 5 nitrogen and oxygen atoms in total. The molecule has 5 heterocycles. The van der Waals surface area contributed by atoms with Crippen LogP contribution in [0.3, 0.4) is 0 Å². The molecule has 0 fully saturated rings. The predicted molar refractivity (Wildman–Crippen MR) is 295 cm³/mol. The molecule has 11 aromatic carbocycles. The van der Waals surface area contributed by atoms with E-state index in [1.165, 1.54) is 76.6 Å². The Balaban J connectivity index is 0.908. The summed E-state index contributed by atoms with van der Waals surface area (Å²) in [6.07, 6.45) is 0. The minimum absolute atomic E-state index is 0.846. The summed E-state index contributed by atoms with van der Waals surface area (Å²) in [5.41, 5.74) is 18.5. The number of benzene rings is 11. The van der Waals surface area contributed by atoms with Crippen LogP contribution < -0.4 is 0 Å². The summed E-state index contributed by atoms with van der Waals surface area (Å²) in [5, 5.41) is 11.6. The Morgan fingerprint density at radius 3 is 1.04 bits per heavy atom. The van der Waals surface area contributed by atoms with E-state index in [9.17, 15) is 0 Å². The maximum Gasteiger partial charge on any atom is 0.136 e. The van der Waals surface area contributed by atoms with E-state index in [-0.39, 0.29) is 0 Å². The third kappa shape index (κ3) is 5.57. The maximum atomic E-state index is 6.57. The minimum Gasteiger partial charge on any atom is -0.456 e. The highest BCUT2D eigenvalue weighted by molar-refractivity contribution is 6.17. The molecule has 0 atom stereocenters. The van der Waals surface area contributed by atoms with Crippen LogP contribution in [0.1, 0.15) is 0 Å². The summed E-state index contributed by atoms with van der Waals surface area (Å²) >= 11 is 0. The van der Waals surface area contributed by atoms with Gasteiger partial charge in [-0.1, -0.05) is 115 Å². The molecule has 0 aliphatic heterocycles. The van der Waals surface area contributed by atoms with E-state index in [0.717, 1.165) is 72.0 Å². The lowest BCUT2D eigenvalue weighted by Gasteiger charge is -2.10. The van der Waals surface area contributed by atoms with Crippen molar-refractivity contribution in [2.75, 3.05) is 0 Å². The van der Waals surface area contributed by atoms with Gasteiger partial charge < -0.3 is 22.5 Å². The van der Waals surface area contributed by atoms with Crippen LogP contribution in [0, 0.1) is 0 Å². The van der Waals surface area contributed by atoms with Crippen molar-refractivity contribution in [3.8, 4) is 39.3 Å². The zero-order chi connectivity index (χ0) is 46.3. The average Bonchev–Trinajstić information content (AvgIpc) is 4.23. The number of fused-ring (bicyclic) bond motifs is 15. The van der Waals surface area contributed by atoms with Crippen molar-refractivity contribution in [2.45, 2.75) is 0 Å². The van der Waals surface area contributed by atoms with Crippen LogP contribution in [0.5, 0.6) is 0 Å². The first-order valence-electron chi connectivity index (χ1n) is 24.2. The Morgan fingerprint density at radius 1 is 0.197 bits per heavy atom. The van der Waals surface area contributed by atoms with Crippen LogP contribution in [-0.4, -0.2) is 13.7 Å². The summed E-state index contributed by atoms with van der Waals surface area (Å²) in [4.78, 5) is 0. The molecule has 0 unspecified atom stereocenters. The Morgan fingerprint density at radius 2 is 0.549 bits per heavy atom. The highest BCUT2D eigenvalue weighted by atomic mass is 16.3. The van der Waals surface area contributed by atoms with Gasteiger partial charge in [0.2, 0.25) is 0 Å². The van der Waals surface area contributed by atoms with Gasteiger partial charge in [0.15, 0.2) is 0 Å². The van der Waals surface area contributed by atoms with Gasteiger partial charge in [-0.05, 0) is 144 Å². The molecule has 330 valence electrons. The van der Waals surface area contributed by atoms with Crippen molar-refractivity contribution in [1.82, 2.24) is 13.7 Å². The summed E-state index contributed by atoms with van der Waals surface area (Å²) < 4.78 is 20.1. The topological polar surface area (TPSA) is 41.1 Å². The molecule has 0 spiro atoms. The summed E-state index contributed by atoms with van der Waals surface area (Å²) in [5.74, 6) is 0. The molecule has 0 saturated heterocycles. The molecule has 16 rings (SSSR count). The molecular weight excluding hydrogens is 867 g/mol.